The molecule has 1 unspecified atom stereocenters. The van der Waals surface area contributed by atoms with Crippen LogP contribution in [-0.4, -0.2) is 21.9 Å². The molecule has 6 heteroatoms. The predicted octanol–water partition coefficient (Wildman–Crippen LogP) is 2.68. The molecule has 0 spiro atoms. The van der Waals surface area contributed by atoms with Gasteiger partial charge in [0.1, 0.15) is 6.04 Å². The zero-order valence-electron chi connectivity index (χ0n) is 10.3. The van der Waals surface area contributed by atoms with Crippen LogP contribution in [0.4, 0.5) is 11.6 Å². The molecule has 1 atom stereocenters. The largest absolute Gasteiger partial charge is 0.343 e. The molecule has 2 N–H and O–H groups in total. The fraction of sp³-hybridized carbons (Fsp3) is 0.154. The highest BCUT2D eigenvalue weighted by Crippen LogP contribution is 2.09. The summed E-state index contributed by atoms with van der Waals surface area (Å²) in [6.45, 7) is 1.75. The minimum absolute atomic E-state index is 0.141. The third-order valence-corrected chi connectivity index (χ3v) is 2.81. The highest BCUT2D eigenvalue weighted by molar-refractivity contribution is 9.10. The highest BCUT2D eigenvalue weighted by atomic mass is 79.9. The fourth-order valence-corrected chi connectivity index (χ4v) is 1.62. The van der Waals surface area contributed by atoms with Gasteiger partial charge in [-0.25, -0.2) is 9.97 Å². The first-order chi connectivity index (χ1) is 9.15. The van der Waals surface area contributed by atoms with Crippen LogP contribution >= 0.6 is 15.9 Å². The summed E-state index contributed by atoms with van der Waals surface area (Å²) in [5.41, 5.74) is 0.762. The Morgan fingerprint density at radius 1 is 1.21 bits per heavy atom. The molecule has 19 heavy (non-hydrogen) atoms. The second-order valence-electron chi connectivity index (χ2n) is 3.95. The minimum Gasteiger partial charge on any atom is -0.343 e. The van der Waals surface area contributed by atoms with Crippen molar-refractivity contribution in [1.29, 1.82) is 0 Å². The number of carbonyl (C=O) groups is 1. The summed E-state index contributed by atoms with van der Waals surface area (Å²) in [4.78, 5) is 20.1. The number of carbonyl (C=O) groups excluding carboxylic acids is 1. The molecule has 98 valence electrons. The maximum Gasteiger partial charge on any atom is 0.246 e. The van der Waals surface area contributed by atoms with Crippen LogP contribution in [0.15, 0.2) is 47.2 Å². The number of para-hydroxylation sites is 1. The number of nitrogens with one attached hydrogen (secondary N) is 2. The molecule has 2 rings (SSSR count). The molecule has 0 aliphatic rings. The number of aromatic nitrogens is 2. The van der Waals surface area contributed by atoms with E-state index in [-0.39, 0.29) is 5.91 Å². The first kappa shape index (κ1) is 13.5. The molecule has 1 amide bonds. The summed E-state index contributed by atoms with van der Waals surface area (Å²) in [5.74, 6) is 0.275. The van der Waals surface area contributed by atoms with Gasteiger partial charge in [0.25, 0.3) is 0 Å². The fourth-order valence-electron chi connectivity index (χ4n) is 1.42. The summed E-state index contributed by atoms with van der Waals surface area (Å²) in [5, 5.41) is 5.74. The number of benzene rings is 1. The van der Waals surface area contributed by atoms with Crippen molar-refractivity contribution in [2.45, 2.75) is 13.0 Å². The van der Waals surface area contributed by atoms with Gasteiger partial charge in [-0.2, -0.15) is 0 Å². The Labute approximate surface area is 119 Å². The Balaban J connectivity index is 1.94. The molecular weight excluding hydrogens is 308 g/mol. The topological polar surface area (TPSA) is 66.9 Å². The lowest BCUT2D eigenvalue weighted by atomic mass is 10.2. The zero-order valence-corrected chi connectivity index (χ0v) is 11.9. The monoisotopic (exact) mass is 320 g/mol. The van der Waals surface area contributed by atoms with Crippen molar-refractivity contribution in [1.82, 2.24) is 9.97 Å². The molecule has 1 aromatic heterocycles. The van der Waals surface area contributed by atoms with Crippen LogP contribution in [0.5, 0.6) is 0 Å². The average molecular weight is 321 g/mol. The third-order valence-electron chi connectivity index (χ3n) is 2.40. The van der Waals surface area contributed by atoms with Crippen molar-refractivity contribution >= 4 is 33.5 Å². The number of nitrogens with zero attached hydrogens (tertiary/aromatic N) is 2. The maximum atomic E-state index is 11.9. The van der Waals surface area contributed by atoms with Crippen molar-refractivity contribution in [3.63, 3.8) is 0 Å². The molecule has 0 aliphatic heterocycles. The van der Waals surface area contributed by atoms with E-state index in [9.17, 15) is 4.79 Å². The lowest BCUT2D eigenvalue weighted by molar-refractivity contribution is -0.116. The SMILES string of the molecule is CC(Nc1ncc(Br)cn1)C(=O)Nc1ccccc1. The number of rotatable bonds is 4. The van der Waals surface area contributed by atoms with Crippen molar-refractivity contribution in [2.75, 3.05) is 10.6 Å². The molecule has 0 aliphatic carbocycles. The van der Waals surface area contributed by atoms with Gasteiger partial charge < -0.3 is 10.6 Å². The van der Waals surface area contributed by atoms with E-state index in [1.807, 2.05) is 30.3 Å². The van der Waals surface area contributed by atoms with Gasteiger partial charge in [0, 0.05) is 18.1 Å². The molecule has 2 aromatic rings. The van der Waals surface area contributed by atoms with Gasteiger partial charge >= 0.3 is 0 Å². The van der Waals surface area contributed by atoms with Crippen molar-refractivity contribution in [3.05, 3.63) is 47.2 Å². The van der Waals surface area contributed by atoms with Crippen LogP contribution in [0.25, 0.3) is 0 Å². The van der Waals surface area contributed by atoms with E-state index in [0.29, 0.717) is 5.95 Å². The molecule has 0 fully saturated rings. The number of amides is 1. The second kappa shape index (κ2) is 6.29. The molecule has 0 bridgehead atoms. The van der Waals surface area contributed by atoms with Gasteiger partial charge in [-0.1, -0.05) is 18.2 Å². The predicted molar refractivity (Wildman–Crippen MR) is 77.9 cm³/mol. The summed E-state index contributed by atoms with van der Waals surface area (Å²) < 4.78 is 0.791. The van der Waals surface area contributed by atoms with Crippen LogP contribution in [0, 0.1) is 0 Å². The highest BCUT2D eigenvalue weighted by Gasteiger charge is 2.13. The average Bonchev–Trinajstić information content (AvgIpc) is 2.42. The standard InChI is InChI=1S/C13H13BrN4O/c1-9(17-13-15-7-10(14)8-16-13)12(19)18-11-5-3-2-4-6-11/h2-9H,1H3,(H,18,19)(H,15,16,17). The molecule has 1 heterocycles. The zero-order chi connectivity index (χ0) is 13.7. The summed E-state index contributed by atoms with van der Waals surface area (Å²) >= 11 is 3.25. The number of hydrogen-bond donors (Lipinski definition) is 2. The van der Waals surface area contributed by atoms with Crippen LogP contribution in [-0.2, 0) is 4.79 Å². The number of hydrogen-bond acceptors (Lipinski definition) is 4. The molecule has 1 aromatic carbocycles. The normalized spacial score (nSPS) is 11.7. The van der Waals surface area contributed by atoms with E-state index >= 15 is 0 Å². The Morgan fingerprint density at radius 3 is 2.47 bits per heavy atom. The smallest absolute Gasteiger partial charge is 0.246 e. The summed E-state index contributed by atoms with van der Waals surface area (Å²) in [6, 6.07) is 8.87. The minimum atomic E-state index is -0.429. The molecule has 0 saturated heterocycles. The van der Waals surface area contributed by atoms with E-state index in [0.717, 1.165) is 10.2 Å². The molecular formula is C13H13BrN4O. The van der Waals surface area contributed by atoms with E-state index in [1.165, 1.54) is 0 Å². The Kier molecular flexibility index (Phi) is 4.46. The van der Waals surface area contributed by atoms with Crippen molar-refractivity contribution in [2.24, 2.45) is 0 Å². The number of anilines is 2. The van der Waals surface area contributed by atoms with Gasteiger partial charge in [0.15, 0.2) is 0 Å². The van der Waals surface area contributed by atoms with Crippen molar-refractivity contribution in [3.8, 4) is 0 Å². The first-order valence-electron chi connectivity index (χ1n) is 5.75. The van der Waals surface area contributed by atoms with Gasteiger partial charge in [-0.3, -0.25) is 4.79 Å². The Hall–Kier alpha value is -1.95. The van der Waals surface area contributed by atoms with Crippen molar-refractivity contribution < 1.29 is 4.79 Å². The van der Waals surface area contributed by atoms with Crippen LogP contribution in [0.2, 0.25) is 0 Å². The quantitative estimate of drug-likeness (QED) is 0.908. The van der Waals surface area contributed by atoms with E-state index in [1.54, 1.807) is 19.3 Å². The lowest BCUT2D eigenvalue weighted by Gasteiger charge is -2.13. The maximum absolute atomic E-state index is 11.9. The van der Waals surface area contributed by atoms with E-state index in [4.69, 9.17) is 0 Å². The van der Waals surface area contributed by atoms with E-state index in [2.05, 4.69) is 36.5 Å². The van der Waals surface area contributed by atoms with Gasteiger partial charge in [-0.05, 0) is 35.0 Å². The van der Waals surface area contributed by atoms with Crippen LogP contribution < -0.4 is 10.6 Å². The Bertz CT molecular complexity index is 544. The summed E-state index contributed by atoms with van der Waals surface area (Å²) in [7, 11) is 0. The van der Waals surface area contributed by atoms with Crippen LogP contribution in [0.1, 0.15) is 6.92 Å². The third kappa shape index (κ3) is 4.03. The molecule has 0 radical (unpaired) electrons. The Morgan fingerprint density at radius 2 is 1.84 bits per heavy atom. The second-order valence-corrected chi connectivity index (χ2v) is 4.86. The molecule has 0 saturated carbocycles. The van der Waals surface area contributed by atoms with Gasteiger partial charge in [0.05, 0.1) is 4.47 Å². The first-order valence-corrected chi connectivity index (χ1v) is 6.54. The summed E-state index contributed by atoms with van der Waals surface area (Å²) in [6.07, 6.45) is 3.24. The lowest BCUT2D eigenvalue weighted by Crippen LogP contribution is -2.32. The number of halogens is 1. The van der Waals surface area contributed by atoms with Gasteiger partial charge in [-0.15, -0.1) is 0 Å². The van der Waals surface area contributed by atoms with E-state index < -0.39 is 6.04 Å². The van der Waals surface area contributed by atoms with Gasteiger partial charge in [0.2, 0.25) is 11.9 Å². The van der Waals surface area contributed by atoms with Crippen LogP contribution in [0.3, 0.4) is 0 Å². The molecule has 5 nitrogen and oxygen atoms in total.